The van der Waals surface area contributed by atoms with Crippen LogP contribution in [0.25, 0.3) is 11.4 Å². The van der Waals surface area contributed by atoms with Gasteiger partial charge in [-0.2, -0.15) is 0 Å². The molecular formula is C20H20F2N4OS. The molecule has 0 aliphatic carbocycles. The van der Waals surface area contributed by atoms with Gasteiger partial charge >= 0.3 is 0 Å². The average Bonchev–Trinajstić information content (AvgIpc) is 3.15. The maximum atomic E-state index is 13.8. The second-order valence-corrected chi connectivity index (χ2v) is 7.20. The summed E-state index contributed by atoms with van der Waals surface area (Å²) >= 11 is 1.18. The molecule has 1 atom stereocenters. The first kappa shape index (κ1) is 20.0. The monoisotopic (exact) mass is 402 g/mol. The van der Waals surface area contributed by atoms with Gasteiger partial charge in [0.15, 0.2) is 5.82 Å². The van der Waals surface area contributed by atoms with Crippen molar-refractivity contribution in [2.75, 3.05) is 5.75 Å². The van der Waals surface area contributed by atoms with Crippen LogP contribution in [0.1, 0.15) is 31.0 Å². The van der Waals surface area contributed by atoms with Crippen molar-refractivity contribution >= 4 is 17.7 Å². The van der Waals surface area contributed by atoms with E-state index in [-0.39, 0.29) is 17.2 Å². The zero-order valence-electron chi connectivity index (χ0n) is 15.5. The smallest absolute Gasteiger partial charge is 0.230 e. The molecule has 0 saturated heterocycles. The zero-order valence-corrected chi connectivity index (χ0v) is 16.3. The number of benzene rings is 2. The second kappa shape index (κ2) is 8.97. The van der Waals surface area contributed by atoms with Gasteiger partial charge in [0.1, 0.15) is 11.6 Å². The van der Waals surface area contributed by atoms with Crippen molar-refractivity contribution in [3.05, 3.63) is 65.2 Å². The Morgan fingerprint density at radius 1 is 1.21 bits per heavy atom. The van der Waals surface area contributed by atoms with Crippen molar-refractivity contribution in [2.24, 2.45) is 0 Å². The summed E-state index contributed by atoms with van der Waals surface area (Å²) in [6, 6.07) is 10.7. The predicted octanol–water partition coefficient (Wildman–Crippen LogP) is 4.28. The van der Waals surface area contributed by atoms with Crippen molar-refractivity contribution in [1.82, 2.24) is 20.5 Å². The summed E-state index contributed by atoms with van der Waals surface area (Å²) < 4.78 is 26.8. The number of aromatic nitrogens is 3. The van der Waals surface area contributed by atoms with Crippen LogP contribution in [0.3, 0.4) is 0 Å². The lowest BCUT2D eigenvalue weighted by Crippen LogP contribution is -2.28. The van der Waals surface area contributed by atoms with E-state index in [9.17, 15) is 13.6 Å². The van der Waals surface area contributed by atoms with Crippen molar-refractivity contribution in [2.45, 2.75) is 31.5 Å². The van der Waals surface area contributed by atoms with Gasteiger partial charge in [0.25, 0.3) is 0 Å². The number of aromatic amines is 1. The van der Waals surface area contributed by atoms with Gasteiger partial charge in [-0.05, 0) is 25.0 Å². The van der Waals surface area contributed by atoms with Gasteiger partial charge in [-0.1, -0.05) is 49.0 Å². The quantitative estimate of drug-likeness (QED) is 0.579. The van der Waals surface area contributed by atoms with Crippen LogP contribution in [-0.2, 0) is 11.2 Å². The average molecular weight is 402 g/mol. The number of halogens is 2. The van der Waals surface area contributed by atoms with Crippen molar-refractivity contribution in [1.29, 1.82) is 0 Å². The summed E-state index contributed by atoms with van der Waals surface area (Å²) in [5, 5.41) is 10.1. The fourth-order valence-corrected chi connectivity index (χ4v) is 3.29. The lowest BCUT2D eigenvalue weighted by atomic mass is 10.1. The highest BCUT2D eigenvalue weighted by atomic mass is 32.2. The number of thioether (sulfide) groups is 1. The maximum absolute atomic E-state index is 13.8. The Morgan fingerprint density at radius 3 is 2.64 bits per heavy atom. The lowest BCUT2D eigenvalue weighted by molar-refractivity contribution is -0.119. The van der Waals surface area contributed by atoms with E-state index in [2.05, 4.69) is 27.4 Å². The molecule has 0 bridgehead atoms. The first-order valence-electron chi connectivity index (χ1n) is 8.85. The number of nitrogens with zero attached hydrogens (tertiary/aromatic N) is 2. The normalized spacial score (nSPS) is 12.0. The topological polar surface area (TPSA) is 70.7 Å². The fourth-order valence-electron chi connectivity index (χ4n) is 2.68. The molecule has 2 aromatic carbocycles. The third-order valence-electron chi connectivity index (χ3n) is 4.24. The molecule has 1 amide bonds. The van der Waals surface area contributed by atoms with Crippen LogP contribution in [0.4, 0.5) is 8.78 Å². The van der Waals surface area contributed by atoms with Crippen LogP contribution in [0.15, 0.2) is 47.6 Å². The number of nitrogens with one attached hydrogen (secondary N) is 2. The SMILES string of the molecule is CCc1ccc(-c2nc(SCC(=O)N[C@H](C)c3ccc(F)cc3F)n[nH]2)cc1. The van der Waals surface area contributed by atoms with E-state index in [0.29, 0.717) is 11.0 Å². The van der Waals surface area contributed by atoms with E-state index in [1.54, 1.807) is 6.92 Å². The molecule has 2 N–H and O–H groups in total. The number of H-pyrrole nitrogens is 1. The number of hydrogen-bond acceptors (Lipinski definition) is 4. The molecule has 0 aliphatic rings. The molecule has 146 valence electrons. The molecule has 28 heavy (non-hydrogen) atoms. The lowest BCUT2D eigenvalue weighted by Gasteiger charge is -2.14. The highest BCUT2D eigenvalue weighted by Gasteiger charge is 2.15. The number of amides is 1. The molecule has 3 aromatic rings. The summed E-state index contributed by atoms with van der Waals surface area (Å²) in [7, 11) is 0. The highest BCUT2D eigenvalue weighted by molar-refractivity contribution is 7.99. The third-order valence-corrected chi connectivity index (χ3v) is 5.09. The van der Waals surface area contributed by atoms with Gasteiger partial charge in [0.2, 0.25) is 11.1 Å². The molecule has 0 radical (unpaired) electrons. The van der Waals surface area contributed by atoms with Crippen LogP contribution < -0.4 is 5.32 Å². The number of aryl methyl sites for hydroxylation is 1. The zero-order chi connectivity index (χ0) is 20.1. The van der Waals surface area contributed by atoms with Gasteiger partial charge in [0, 0.05) is 17.2 Å². The van der Waals surface area contributed by atoms with E-state index < -0.39 is 17.7 Å². The molecule has 1 heterocycles. The fraction of sp³-hybridized carbons (Fsp3) is 0.250. The van der Waals surface area contributed by atoms with Gasteiger partial charge < -0.3 is 5.32 Å². The molecule has 0 saturated carbocycles. The van der Waals surface area contributed by atoms with Crippen LogP contribution >= 0.6 is 11.8 Å². The Morgan fingerprint density at radius 2 is 1.96 bits per heavy atom. The molecule has 0 spiro atoms. The maximum Gasteiger partial charge on any atom is 0.230 e. The summed E-state index contributed by atoms with van der Waals surface area (Å²) in [4.78, 5) is 16.5. The third kappa shape index (κ3) is 4.95. The minimum Gasteiger partial charge on any atom is -0.349 e. The Balaban J connectivity index is 1.55. The molecule has 0 unspecified atom stereocenters. The molecule has 3 rings (SSSR count). The molecule has 5 nitrogen and oxygen atoms in total. The van der Waals surface area contributed by atoms with E-state index in [4.69, 9.17) is 0 Å². The molecular weight excluding hydrogens is 382 g/mol. The Bertz CT molecular complexity index is 959. The Kier molecular flexibility index (Phi) is 6.41. The molecule has 1 aromatic heterocycles. The van der Waals surface area contributed by atoms with Gasteiger partial charge in [-0.3, -0.25) is 9.89 Å². The van der Waals surface area contributed by atoms with E-state index in [1.807, 2.05) is 24.3 Å². The Hall–Kier alpha value is -2.74. The van der Waals surface area contributed by atoms with Crippen LogP contribution in [0.5, 0.6) is 0 Å². The largest absolute Gasteiger partial charge is 0.349 e. The highest BCUT2D eigenvalue weighted by Crippen LogP contribution is 2.21. The standard InChI is InChI=1S/C20H20F2N4OS/c1-3-13-4-6-14(7-5-13)19-24-20(26-25-19)28-11-18(27)23-12(2)16-9-8-15(21)10-17(16)22/h4-10,12H,3,11H2,1-2H3,(H,23,27)(H,24,25,26)/t12-/m1/s1. The van der Waals surface area contributed by atoms with Gasteiger partial charge in [0.05, 0.1) is 11.8 Å². The van der Waals surface area contributed by atoms with Gasteiger partial charge in [-0.25, -0.2) is 13.8 Å². The summed E-state index contributed by atoms with van der Waals surface area (Å²) in [6.07, 6.45) is 0.965. The molecule has 0 fully saturated rings. The predicted molar refractivity (Wildman–Crippen MR) is 105 cm³/mol. The van der Waals surface area contributed by atoms with Gasteiger partial charge in [-0.15, -0.1) is 5.10 Å². The number of rotatable bonds is 7. The summed E-state index contributed by atoms with van der Waals surface area (Å²) in [6.45, 7) is 3.73. The Labute approximate surface area is 166 Å². The van der Waals surface area contributed by atoms with Crippen LogP contribution in [0, 0.1) is 11.6 Å². The minimum atomic E-state index is -0.687. The van der Waals surface area contributed by atoms with Crippen molar-refractivity contribution < 1.29 is 13.6 Å². The minimum absolute atomic E-state index is 0.0826. The first-order valence-corrected chi connectivity index (χ1v) is 9.83. The van der Waals surface area contributed by atoms with E-state index >= 15 is 0 Å². The molecule has 0 aliphatic heterocycles. The number of carbonyl (C=O) groups is 1. The number of carbonyl (C=O) groups excluding carboxylic acids is 1. The molecule has 8 heteroatoms. The first-order chi connectivity index (χ1) is 13.5. The van der Waals surface area contributed by atoms with Crippen LogP contribution in [-0.4, -0.2) is 26.8 Å². The van der Waals surface area contributed by atoms with E-state index in [0.717, 1.165) is 24.1 Å². The number of hydrogen-bond donors (Lipinski definition) is 2. The summed E-state index contributed by atoms with van der Waals surface area (Å²) in [5.74, 6) is -0.917. The second-order valence-electron chi connectivity index (χ2n) is 6.26. The van der Waals surface area contributed by atoms with Crippen molar-refractivity contribution in [3.8, 4) is 11.4 Å². The van der Waals surface area contributed by atoms with E-state index in [1.165, 1.54) is 23.4 Å². The van der Waals surface area contributed by atoms with Crippen molar-refractivity contribution in [3.63, 3.8) is 0 Å². The van der Waals surface area contributed by atoms with Crippen LogP contribution in [0.2, 0.25) is 0 Å². The summed E-state index contributed by atoms with van der Waals surface area (Å²) in [5.41, 5.74) is 2.39.